The van der Waals surface area contributed by atoms with Crippen molar-refractivity contribution in [1.29, 1.82) is 0 Å². The Labute approximate surface area is 111 Å². The summed E-state index contributed by atoms with van der Waals surface area (Å²) < 4.78 is 0. The summed E-state index contributed by atoms with van der Waals surface area (Å²) in [5.74, 6) is -0.836. The first-order chi connectivity index (χ1) is 9.17. The van der Waals surface area contributed by atoms with E-state index in [9.17, 15) is 9.90 Å². The Morgan fingerprint density at radius 2 is 1.74 bits per heavy atom. The summed E-state index contributed by atoms with van der Waals surface area (Å²) >= 11 is 0. The van der Waals surface area contributed by atoms with Gasteiger partial charge >= 0.3 is 5.97 Å². The Bertz CT molecular complexity index is 680. The topological polar surface area (TPSA) is 40.5 Å². The molecule has 2 aromatic carbocycles. The maximum Gasteiger partial charge on any atom is 0.337 e. The fourth-order valence-corrected chi connectivity index (χ4v) is 3.09. The van der Waals surface area contributed by atoms with Crippen LogP contribution >= 0.6 is 0 Å². The highest BCUT2D eigenvalue weighted by Crippen LogP contribution is 2.54. The van der Waals surface area contributed by atoms with Crippen molar-refractivity contribution in [2.24, 2.45) is 5.41 Å². The molecule has 1 aliphatic heterocycles. The molecule has 3 nitrogen and oxygen atoms in total. The van der Waals surface area contributed by atoms with E-state index in [1.54, 1.807) is 6.07 Å². The minimum absolute atomic E-state index is 0.425. The van der Waals surface area contributed by atoms with Gasteiger partial charge in [-0.2, -0.15) is 0 Å². The molecule has 1 spiro atoms. The fraction of sp³-hybridized carbons (Fsp3) is 0.312. The number of carboxylic acid groups (broad SMARTS) is 1. The number of hydrogen-bond acceptors (Lipinski definition) is 2. The smallest absolute Gasteiger partial charge is 0.337 e. The zero-order valence-electron chi connectivity index (χ0n) is 10.6. The summed E-state index contributed by atoms with van der Waals surface area (Å²) in [7, 11) is 0. The summed E-state index contributed by atoms with van der Waals surface area (Å²) in [6.45, 7) is 2.04. The molecule has 2 aromatic rings. The second-order valence-electron chi connectivity index (χ2n) is 5.88. The molecule has 0 bridgehead atoms. The van der Waals surface area contributed by atoms with Gasteiger partial charge in [-0.3, -0.25) is 0 Å². The number of aromatic carboxylic acids is 1. The standard InChI is InChI=1S/C16H15NO2/c18-15(19)13-7-11-3-1-2-4-12(11)8-14(13)17-9-16(10-17)5-6-16/h1-4,7-8H,5-6,9-10H2,(H,18,19). The first-order valence-corrected chi connectivity index (χ1v) is 6.68. The molecule has 1 aliphatic carbocycles. The fourth-order valence-electron chi connectivity index (χ4n) is 3.09. The van der Waals surface area contributed by atoms with Gasteiger partial charge in [-0.15, -0.1) is 0 Å². The van der Waals surface area contributed by atoms with Gasteiger partial charge < -0.3 is 10.0 Å². The monoisotopic (exact) mass is 253 g/mol. The van der Waals surface area contributed by atoms with Gasteiger partial charge in [0.25, 0.3) is 0 Å². The molecule has 1 saturated carbocycles. The summed E-state index contributed by atoms with van der Waals surface area (Å²) in [6.07, 6.45) is 2.61. The summed E-state index contributed by atoms with van der Waals surface area (Å²) in [4.78, 5) is 13.7. The van der Waals surface area contributed by atoms with Crippen molar-refractivity contribution >= 4 is 22.4 Å². The van der Waals surface area contributed by atoms with E-state index in [1.165, 1.54) is 12.8 Å². The van der Waals surface area contributed by atoms with Crippen molar-refractivity contribution in [3.63, 3.8) is 0 Å². The van der Waals surface area contributed by atoms with Crippen LogP contribution in [0.4, 0.5) is 5.69 Å². The Morgan fingerprint density at radius 3 is 2.32 bits per heavy atom. The molecule has 2 aliphatic rings. The van der Waals surface area contributed by atoms with Gasteiger partial charge in [-0.1, -0.05) is 24.3 Å². The highest BCUT2D eigenvalue weighted by atomic mass is 16.4. The van der Waals surface area contributed by atoms with Crippen LogP contribution in [0.3, 0.4) is 0 Å². The van der Waals surface area contributed by atoms with Crippen LogP contribution in [-0.2, 0) is 0 Å². The molecule has 1 heterocycles. The van der Waals surface area contributed by atoms with E-state index in [-0.39, 0.29) is 0 Å². The minimum Gasteiger partial charge on any atom is -0.478 e. The Kier molecular flexibility index (Phi) is 2.00. The molecule has 2 fully saturated rings. The predicted molar refractivity (Wildman–Crippen MR) is 74.8 cm³/mol. The first-order valence-electron chi connectivity index (χ1n) is 6.68. The molecule has 96 valence electrons. The van der Waals surface area contributed by atoms with Gasteiger partial charge in [0, 0.05) is 18.5 Å². The van der Waals surface area contributed by atoms with Gasteiger partial charge in [0.05, 0.1) is 11.3 Å². The number of hydrogen-bond donors (Lipinski definition) is 1. The molecule has 0 amide bonds. The van der Waals surface area contributed by atoms with E-state index >= 15 is 0 Å². The second kappa shape index (κ2) is 3.50. The van der Waals surface area contributed by atoms with Crippen molar-refractivity contribution in [3.8, 4) is 0 Å². The SMILES string of the molecule is O=C(O)c1cc2ccccc2cc1N1CC2(CC2)C1. The molecule has 0 atom stereocenters. The third-order valence-electron chi connectivity index (χ3n) is 4.44. The quantitative estimate of drug-likeness (QED) is 0.893. The third-order valence-corrected chi connectivity index (χ3v) is 4.44. The number of fused-ring (bicyclic) bond motifs is 1. The van der Waals surface area contributed by atoms with E-state index in [4.69, 9.17) is 0 Å². The van der Waals surface area contributed by atoms with Crippen molar-refractivity contribution in [2.75, 3.05) is 18.0 Å². The van der Waals surface area contributed by atoms with E-state index < -0.39 is 5.97 Å². The number of carboxylic acids is 1. The average Bonchev–Trinajstić information content (AvgIpc) is 3.16. The Balaban J connectivity index is 1.82. The second-order valence-corrected chi connectivity index (χ2v) is 5.88. The van der Waals surface area contributed by atoms with Gasteiger partial charge in [0.1, 0.15) is 0 Å². The lowest BCUT2D eigenvalue weighted by molar-refractivity contribution is 0.0697. The summed E-state index contributed by atoms with van der Waals surface area (Å²) in [5, 5.41) is 11.5. The van der Waals surface area contributed by atoms with Crippen molar-refractivity contribution in [2.45, 2.75) is 12.8 Å². The highest BCUT2D eigenvalue weighted by molar-refractivity contribution is 6.01. The summed E-state index contributed by atoms with van der Waals surface area (Å²) in [6, 6.07) is 11.8. The minimum atomic E-state index is -0.836. The van der Waals surface area contributed by atoms with Gasteiger partial charge in [-0.05, 0) is 35.7 Å². The zero-order valence-corrected chi connectivity index (χ0v) is 10.6. The lowest BCUT2D eigenvalue weighted by atomic mass is 9.94. The normalized spacial score (nSPS) is 19.5. The van der Waals surface area contributed by atoms with E-state index in [1.807, 2.05) is 30.3 Å². The number of carbonyl (C=O) groups is 1. The maximum absolute atomic E-state index is 11.5. The van der Waals surface area contributed by atoms with Gasteiger partial charge in [0.15, 0.2) is 0 Å². The molecule has 3 heteroatoms. The number of rotatable bonds is 2. The van der Waals surface area contributed by atoms with E-state index in [0.717, 1.165) is 29.5 Å². The summed E-state index contributed by atoms with van der Waals surface area (Å²) in [5.41, 5.74) is 1.83. The Hall–Kier alpha value is -2.03. The molecule has 0 radical (unpaired) electrons. The average molecular weight is 253 g/mol. The lowest BCUT2D eigenvalue weighted by Crippen LogP contribution is -2.49. The van der Waals surface area contributed by atoms with Gasteiger partial charge in [0.2, 0.25) is 0 Å². The molecule has 1 N–H and O–H groups in total. The number of nitrogens with zero attached hydrogens (tertiary/aromatic N) is 1. The number of anilines is 1. The van der Waals surface area contributed by atoms with Gasteiger partial charge in [-0.25, -0.2) is 4.79 Å². The van der Waals surface area contributed by atoms with Crippen LogP contribution in [0.25, 0.3) is 10.8 Å². The van der Waals surface area contributed by atoms with E-state index in [0.29, 0.717) is 11.0 Å². The Morgan fingerprint density at radius 1 is 1.11 bits per heavy atom. The molecular formula is C16H15NO2. The third kappa shape index (κ3) is 1.61. The molecule has 19 heavy (non-hydrogen) atoms. The van der Waals surface area contributed by atoms with Crippen molar-refractivity contribution < 1.29 is 9.90 Å². The van der Waals surface area contributed by atoms with Crippen LogP contribution < -0.4 is 4.90 Å². The molecule has 0 aromatic heterocycles. The molecule has 0 unspecified atom stereocenters. The largest absolute Gasteiger partial charge is 0.478 e. The highest BCUT2D eigenvalue weighted by Gasteiger charge is 2.52. The van der Waals surface area contributed by atoms with Crippen LogP contribution in [0.1, 0.15) is 23.2 Å². The predicted octanol–water partition coefficient (Wildman–Crippen LogP) is 3.14. The number of benzene rings is 2. The van der Waals surface area contributed by atoms with Crippen LogP contribution in [0, 0.1) is 5.41 Å². The van der Waals surface area contributed by atoms with Crippen molar-refractivity contribution in [3.05, 3.63) is 42.0 Å². The van der Waals surface area contributed by atoms with Crippen LogP contribution in [-0.4, -0.2) is 24.2 Å². The van der Waals surface area contributed by atoms with E-state index in [2.05, 4.69) is 4.90 Å². The first kappa shape index (κ1) is 10.9. The maximum atomic E-state index is 11.5. The molecular weight excluding hydrogens is 238 g/mol. The lowest BCUT2D eigenvalue weighted by Gasteiger charge is -2.42. The zero-order chi connectivity index (χ0) is 13.0. The van der Waals surface area contributed by atoms with Crippen LogP contribution in [0.15, 0.2) is 36.4 Å². The molecule has 1 saturated heterocycles. The van der Waals surface area contributed by atoms with Crippen molar-refractivity contribution in [1.82, 2.24) is 0 Å². The van der Waals surface area contributed by atoms with Crippen LogP contribution in [0.5, 0.6) is 0 Å². The molecule has 4 rings (SSSR count). The van der Waals surface area contributed by atoms with Crippen LogP contribution in [0.2, 0.25) is 0 Å².